The summed E-state index contributed by atoms with van der Waals surface area (Å²) in [6.45, 7) is 6.06. The second-order valence-corrected chi connectivity index (χ2v) is 5.33. The fourth-order valence-corrected chi connectivity index (χ4v) is 2.66. The first kappa shape index (κ1) is 12.8. The highest BCUT2D eigenvalue weighted by molar-refractivity contribution is 7.11. The Morgan fingerprint density at radius 2 is 2.33 bits per heavy atom. The number of rotatable bonds is 4. The van der Waals surface area contributed by atoms with Crippen LogP contribution < -0.4 is 5.32 Å². The van der Waals surface area contributed by atoms with Crippen molar-refractivity contribution in [2.45, 2.75) is 33.2 Å². The van der Waals surface area contributed by atoms with Crippen molar-refractivity contribution in [3.8, 4) is 0 Å². The average molecular weight is 264 g/mol. The average Bonchev–Trinajstić information content (AvgIpc) is 2.97. The predicted octanol–water partition coefficient (Wildman–Crippen LogP) is 2.36. The van der Waals surface area contributed by atoms with Gasteiger partial charge in [0, 0.05) is 4.88 Å². The molecule has 0 aliphatic rings. The summed E-state index contributed by atoms with van der Waals surface area (Å²) in [7, 11) is 0. The molecular formula is C12H16N4OS. The first-order valence-corrected chi connectivity index (χ1v) is 6.66. The molecule has 0 aromatic carbocycles. The van der Waals surface area contributed by atoms with E-state index in [1.165, 1.54) is 17.4 Å². The Bertz CT molecular complexity index is 513. The molecule has 5 nitrogen and oxygen atoms in total. The lowest BCUT2D eigenvalue weighted by Gasteiger charge is -2.13. The number of amides is 1. The summed E-state index contributed by atoms with van der Waals surface area (Å²) in [6, 6.07) is -0.0433. The van der Waals surface area contributed by atoms with Gasteiger partial charge in [-0.2, -0.15) is 0 Å². The van der Waals surface area contributed by atoms with Gasteiger partial charge in [0.25, 0.3) is 5.91 Å². The third kappa shape index (κ3) is 2.59. The molecule has 2 heterocycles. The lowest BCUT2D eigenvalue weighted by atomic mass is 10.2. The molecule has 2 aromatic heterocycles. The number of hydrogen-bond acceptors (Lipinski definition) is 4. The van der Waals surface area contributed by atoms with Gasteiger partial charge >= 0.3 is 0 Å². The summed E-state index contributed by atoms with van der Waals surface area (Å²) in [4.78, 5) is 24.3. The topological polar surface area (TPSA) is 70.7 Å². The molecule has 0 saturated heterocycles. The molecule has 0 aliphatic carbocycles. The Morgan fingerprint density at radius 1 is 1.56 bits per heavy atom. The largest absolute Gasteiger partial charge is 0.341 e. The van der Waals surface area contributed by atoms with Crippen molar-refractivity contribution in [2.75, 3.05) is 0 Å². The van der Waals surface area contributed by atoms with E-state index in [-0.39, 0.29) is 11.9 Å². The molecule has 0 spiro atoms. The zero-order valence-corrected chi connectivity index (χ0v) is 11.5. The van der Waals surface area contributed by atoms with Crippen LogP contribution >= 0.6 is 11.3 Å². The second-order valence-electron chi connectivity index (χ2n) is 4.09. The minimum Gasteiger partial charge on any atom is -0.341 e. The van der Waals surface area contributed by atoms with Gasteiger partial charge in [-0.1, -0.05) is 6.92 Å². The van der Waals surface area contributed by atoms with Crippen molar-refractivity contribution in [2.24, 2.45) is 0 Å². The zero-order valence-electron chi connectivity index (χ0n) is 10.7. The van der Waals surface area contributed by atoms with Crippen LogP contribution in [0.25, 0.3) is 0 Å². The summed E-state index contributed by atoms with van der Waals surface area (Å²) >= 11 is 1.63. The van der Waals surface area contributed by atoms with Gasteiger partial charge in [-0.15, -0.1) is 11.3 Å². The molecule has 0 fully saturated rings. The van der Waals surface area contributed by atoms with Crippen LogP contribution in [-0.2, 0) is 0 Å². The Kier molecular flexibility index (Phi) is 3.76. The molecule has 96 valence electrons. The van der Waals surface area contributed by atoms with E-state index >= 15 is 0 Å². The van der Waals surface area contributed by atoms with Crippen LogP contribution in [0.4, 0.5) is 0 Å². The van der Waals surface area contributed by atoms with Crippen molar-refractivity contribution in [1.82, 2.24) is 20.3 Å². The molecule has 0 aliphatic heterocycles. The molecule has 0 saturated carbocycles. The van der Waals surface area contributed by atoms with E-state index in [1.807, 2.05) is 20.8 Å². The van der Waals surface area contributed by atoms with Crippen molar-refractivity contribution in [1.29, 1.82) is 0 Å². The van der Waals surface area contributed by atoms with Crippen LogP contribution in [0.15, 0.2) is 12.5 Å². The van der Waals surface area contributed by atoms with Gasteiger partial charge in [0.15, 0.2) is 0 Å². The number of aryl methyl sites for hydroxylation is 2. The monoisotopic (exact) mass is 264 g/mol. The van der Waals surface area contributed by atoms with E-state index in [9.17, 15) is 4.79 Å². The minimum atomic E-state index is -0.148. The fourth-order valence-electron chi connectivity index (χ4n) is 1.60. The highest BCUT2D eigenvalue weighted by Crippen LogP contribution is 2.24. The number of carbonyl (C=O) groups is 1. The van der Waals surface area contributed by atoms with Gasteiger partial charge < -0.3 is 10.3 Å². The number of thiazole rings is 1. The lowest BCUT2D eigenvalue weighted by Crippen LogP contribution is -2.28. The predicted molar refractivity (Wildman–Crippen MR) is 70.7 cm³/mol. The third-order valence-electron chi connectivity index (χ3n) is 2.80. The van der Waals surface area contributed by atoms with Gasteiger partial charge in [0.1, 0.15) is 10.7 Å². The van der Waals surface area contributed by atoms with Crippen molar-refractivity contribution < 1.29 is 4.79 Å². The van der Waals surface area contributed by atoms with Crippen molar-refractivity contribution >= 4 is 17.2 Å². The summed E-state index contributed by atoms with van der Waals surface area (Å²) in [5.74, 6) is -0.148. The van der Waals surface area contributed by atoms with Gasteiger partial charge in [-0.05, 0) is 20.3 Å². The summed E-state index contributed by atoms with van der Waals surface area (Å²) in [5.41, 5.74) is 1.50. The standard InChI is InChI=1S/C12H16N4OS/c1-4-9(12-15-7(2)8(3)18-12)16-11(17)10-5-13-6-14-10/h5-6,9H,4H2,1-3H3,(H,13,14)(H,16,17)/t9-/m0/s1. The molecule has 1 atom stereocenters. The smallest absolute Gasteiger partial charge is 0.269 e. The SMILES string of the molecule is CC[C@H](NC(=O)c1cnc[nH]1)c1nc(C)c(C)s1. The van der Waals surface area contributed by atoms with Crippen LogP contribution in [0.1, 0.15) is 45.5 Å². The van der Waals surface area contributed by atoms with Crippen LogP contribution in [-0.4, -0.2) is 20.9 Å². The number of nitrogens with one attached hydrogen (secondary N) is 2. The van der Waals surface area contributed by atoms with Crippen molar-refractivity contribution in [3.05, 3.63) is 33.8 Å². The number of H-pyrrole nitrogens is 1. The number of aromatic amines is 1. The maximum atomic E-state index is 11.9. The number of carbonyl (C=O) groups excluding carboxylic acids is 1. The fraction of sp³-hybridized carbons (Fsp3) is 0.417. The Hall–Kier alpha value is -1.69. The minimum absolute atomic E-state index is 0.0433. The molecule has 2 rings (SSSR count). The van der Waals surface area contributed by atoms with Crippen LogP contribution in [0.2, 0.25) is 0 Å². The zero-order chi connectivity index (χ0) is 13.1. The van der Waals surface area contributed by atoms with Gasteiger partial charge in [-0.3, -0.25) is 4.79 Å². The van der Waals surface area contributed by atoms with E-state index in [0.29, 0.717) is 5.69 Å². The van der Waals surface area contributed by atoms with Crippen LogP contribution in [0.5, 0.6) is 0 Å². The molecule has 2 aromatic rings. The summed E-state index contributed by atoms with van der Waals surface area (Å²) < 4.78 is 0. The maximum Gasteiger partial charge on any atom is 0.269 e. The quantitative estimate of drug-likeness (QED) is 0.890. The highest BCUT2D eigenvalue weighted by atomic mass is 32.1. The molecular weight excluding hydrogens is 248 g/mol. The number of hydrogen-bond donors (Lipinski definition) is 2. The third-order valence-corrected chi connectivity index (χ3v) is 3.99. The first-order valence-electron chi connectivity index (χ1n) is 5.85. The van der Waals surface area contributed by atoms with Gasteiger partial charge in [-0.25, -0.2) is 9.97 Å². The summed E-state index contributed by atoms with van der Waals surface area (Å²) in [6.07, 6.45) is 3.82. The Balaban J connectivity index is 2.12. The number of nitrogens with zero attached hydrogens (tertiary/aromatic N) is 2. The van der Waals surface area contributed by atoms with Gasteiger partial charge in [0.2, 0.25) is 0 Å². The van der Waals surface area contributed by atoms with E-state index in [0.717, 1.165) is 17.1 Å². The highest BCUT2D eigenvalue weighted by Gasteiger charge is 2.18. The van der Waals surface area contributed by atoms with Crippen molar-refractivity contribution in [3.63, 3.8) is 0 Å². The second kappa shape index (κ2) is 5.30. The molecule has 1 amide bonds. The number of aromatic nitrogens is 3. The molecule has 0 unspecified atom stereocenters. The molecule has 0 radical (unpaired) electrons. The van der Waals surface area contributed by atoms with E-state index < -0.39 is 0 Å². The number of imidazole rings is 1. The molecule has 0 bridgehead atoms. The molecule has 2 N–H and O–H groups in total. The molecule has 6 heteroatoms. The summed E-state index contributed by atoms with van der Waals surface area (Å²) in [5, 5.41) is 3.92. The van der Waals surface area contributed by atoms with E-state index in [2.05, 4.69) is 20.3 Å². The van der Waals surface area contributed by atoms with Crippen LogP contribution in [0.3, 0.4) is 0 Å². The van der Waals surface area contributed by atoms with Crippen LogP contribution in [0, 0.1) is 13.8 Å². The Morgan fingerprint density at radius 3 is 2.83 bits per heavy atom. The van der Waals surface area contributed by atoms with E-state index in [4.69, 9.17) is 0 Å². The normalized spacial score (nSPS) is 12.4. The lowest BCUT2D eigenvalue weighted by molar-refractivity contribution is 0.0931. The van der Waals surface area contributed by atoms with E-state index in [1.54, 1.807) is 11.3 Å². The Labute approximate surface area is 110 Å². The molecule has 18 heavy (non-hydrogen) atoms. The maximum absolute atomic E-state index is 11.9. The first-order chi connectivity index (χ1) is 8.61. The van der Waals surface area contributed by atoms with Gasteiger partial charge in [0.05, 0.1) is 24.3 Å².